The van der Waals surface area contributed by atoms with Gasteiger partial charge in [0.25, 0.3) is 0 Å². The minimum Gasteiger partial charge on any atom is -0.618 e. The molecule has 3 N–H and O–H groups in total. The van der Waals surface area contributed by atoms with Gasteiger partial charge in [0.15, 0.2) is 6.20 Å². The standard InChI is InChI=1S/2C14H13BrN2O3/c1-10-13(7-12(15)8-17(10)19)16-14(18)20-9-11-5-3-2-4-6-11;15-11-6-12(13(8-18)16-7-11)17-14(19)20-9-10-4-2-1-3-5-10/h2-8H,9H2,1H3,(H,16,18);1-7,18H,8-9H2,(H,17,19). The number of ether oxygens (including phenoxy) is 2. The largest absolute Gasteiger partial charge is 0.618 e. The van der Waals surface area contributed by atoms with Crippen molar-refractivity contribution in [2.45, 2.75) is 26.7 Å². The van der Waals surface area contributed by atoms with E-state index in [1.807, 2.05) is 60.7 Å². The summed E-state index contributed by atoms with van der Waals surface area (Å²) in [6, 6.07) is 22.0. The van der Waals surface area contributed by atoms with E-state index in [1.54, 1.807) is 25.3 Å². The number of halogens is 2. The summed E-state index contributed by atoms with van der Waals surface area (Å²) in [5.41, 5.74) is 3.40. The SMILES string of the molecule is Cc1c(NC(=O)OCc2ccccc2)cc(Br)c[n+]1[O-].O=C(Nc1cc(Br)cnc1CO)OCc1ccccc1. The molecular weight excluding hydrogens is 648 g/mol. The van der Waals surface area contributed by atoms with Gasteiger partial charge in [-0.15, -0.1) is 0 Å². The average Bonchev–Trinajstić information content (AvgIpc) is 2.95. The molecule has 0 spiro atoms. The van der Waals surface area contributed by atoms with Crippen molar-refractivity contribution in [1.82, 2.24) is 4.98 Å². The summed E-state index contributed by atoms with van der Waals surface area (Å²) in [5.74, 6) is 0. The molecule has 4 aromatic rings. The number of aliphatic hydroxyl groups is 1. The number of hydrogen-bond donors (Lipinski definition) is 3. The first-order chi connectivity index (χ1) is 19.2. The first kappa shape index (κ1) is 30.5. The summed E-state index contributed by atoms with van der Waals surface area (Å²) in [7, 11) is 0. The van der Waals surface area contributed by atoms with Gasteiger partial charge in [0.2, 0.25) is 5.69 Å². The third-order valence-corrected chi connectivity index (χ3v) is 6.10. The summed E-state index contributed by atoms with van der Waals surface area (Å²) in [6.07, 6.45) is 1.72. The van der Waals surface area contributed by atoms with E-state index in [1.165, 1.54) is 6.20 Å². The molecule has 2 amide bonds. The fourth-order valence-electron chi connectivity index (χ4n) is 3.17. The van der Waals surface area contributed by atoms with E-state index in [0.29, 0.717) is 36.4 Å². The molecule has 0 saturated carbocycles. The first-order valence-corrected chi connectivity index (χ1v) is 13.4. The van der Waals surface area contributed by atoms with Gasteiger partial charge in [-0.25, -0.2) is 9.59 Å². The summed E-state index contributed by atoms with van der Waals surface area (Å²) in [6.45, 7) is 1.72. The molecule has 0 atom stereocenters. The van der Waals surface area contributed by atoms with E-state index in [2.05, 4.69) is 47.5 Å². The molecule has 4 rings (SSSR count). The zero-order valence-corrected chi connectivity index (χ0v) is 24.5. The Labute approximate surface area is 247 Å². The molecule has 10 nitrogen and oxygen atoms in total. The lowest BCUT2D eigenvalue weighted by Gasteiger charge is -2.10. The zero-order valence-electron chi connectivity index (χ0n) is 21.3. The molecule has 0 aliphatic rings. The van der Waals surface area contributed by atoms with Gasteiger partial charge in [-0.3, -0.25) is 15.6 Å². The Balaban J connectivity index is 0.000000220. The smallest absolute Gasteiger partial charge is 0.412 e. The molecule has 40 heavy (non-hydrogen) atoms. The number of rotatable bonds is 7. The Morgan fingerprint density at radius 3 is 1.90 bits per heavy atom. The molecule has 208 valence electrons. The van der Waals surface area contributed by atoms with Gasteiger partial charge in [0, 0.05) is 17.6 Å². The Morgan fingerprint density at radius 1 is 0.875 bits per heavy atom. The van der Waals surface area contributed by atoms with Crippen LogP contribution >= 0.6 is 31.9 Å². The monoisotopic (exact) mass is 672 g/mol. The number of carbonyl (C=O) groups excluding carboxylic acids is 2. The number of carbonyl (C=O) groups is 2. The minimum atomic E-state index is -0.602. The molecule has 0 bridgehead atoms. The van der Waals surface area contributed by atoms with Crippen LogP contribution in [-0.4, -0.2) is 22.3 Å². The minimum absolute atomic E-state index is 0.178. The number of amides is 2. The van der Waals surface area contributed by atoms with Gasteiger partial charge < -0.3 is 19.8 Å². The van der Waals surface area contributed by atoms with Crippen LogP contribution in [0, 0.1) is 12.1 Å². The van der Waals surface area contributed by atoms with Crippen LogP contribution in [0.5, 0.6) is 0 Å². The Hall–Kier alpha value is -4.00. The second kappa shape index (κ2) is 15.6. The van der Waals surface area contributed by atoms with E-state index < -0.39 is 12.2 Å². The Morgan fingerprint density at radius 2 is 1.38 bits per heavy atom. The van der Waals surface area contributed by atoms with Crippen molar-refractivity contribution in [3.05, 3.63) is 122 Å². The van der Waals surface area contributed by atoms with Crippen molar-refractivity contribution < 1.29 is 28.9 Å². The fraction of sp³-hybridized carbons (Fsp3) is 0.143. The van der Waals surface area contributed by atoms with E-state index in [-0.39, 0.29) is 19.8 Å². The van der Waals surface area contributed by atoms with Crippen LogP contribution in [0.4, 0.5) is 21.0 Å². The maximum atomic E-state index is 11.7. The molecule has 2 aromatic carbocycles. The van der Waals surface area contributed by atoms with Crippen molar-refractivity contribution in [2.75, 3.05) is 10.6 Å². The topological polar surface area (TPSA) is 137 Å². The van der Waals surface area contributed by atoms with Crippen molar-refractivity contribution in [3.8, 4) is 0 Å². The molecule has 12 heteroatoms. The van der Waals surface area contributed by atoms with E-state index in [9.17, 15) is 14.8 Å². The highest BCUT2D eigenvalue weighted by molar-refractivity contribution is 9.10. The molecule has 0 aliphatic heterocycles. The molecule has 0 radical (unpaired) electrons. The van der Waals surface area contributed by atoms with E-state index in [0.717, 1.165) is 11.1 Å². The van der Waals surface area contributed by atoms with Crippen LogP contribution in [0.15, 0.2) is 94.1 Å². The van der Waals surface area contributed by atoms with Gasteiger partial charge in [-0.05, 0) is 55.1 Å². The highest BCUT2D eigenvalue weighted by Gasteiger charge is 2.13. The van der Waals surface area contributed by atoms with Gasteiger partial charge >= 0.3 is 12.2 Å². The third kappa shape index (κ3) is 9.95. The number of nitrogens with zero attached hydrogens (tertiary/aromatic N) is 2. The molecule has 0 saturated heterocycles. The lowest BCUT2D eigenvalue weighted by molar-refractivity contribution is -0.612. The number of anilines is 2. The number of hydrogen-bond acceptors (Lipinski definition) is 7. The van der Waals surface area contributed by atoms with Gasteiger partial charge in [-0.1, -0.05) is 60.7 Å². The first-order valence-electron chi connectivity index (χ1n) is 11.8. The molecular formula is C28H26Br2N4O6. The number of aliphatic hydroxyl groups excluding tert-OH is 1. The lowest BCUT2D eigenvalue weighted by Crippen LogP contribution is -2.31. The number of pyridine rings is 2. The van der Waals surface area contributed by atoms with E-state index >= 15 is 0 Å². The highest BCUT2D eigenvalue weighted by Crippen LogP contribution is 2.20. The Kier molecular flexibility index (Phi) is 11.9. The molecule has 0 fully saturated rings. The van der Waals surface area contributed by atoms with Crippen LogP contribution < -0.4 is 15.4 Å². The number of benzene rings is 2. The Bertz CT molecular complexity index is 1430. The molecule has 0 unspecified atom stereocenters. The van der Waals surface area contributed by atoms with Gasteiger partial charge in [0.05, 0.1) is 22.5 Å². The predicted molar refractivity (Wildman–Crippen MR) is 156 cm³/mol. The normalized spacial score (nSPS) is 10.1. The second-order valence-corrected chi connectivity index (χ2v) is 9.99. The van der Waals surface area contributed by atoms with Crippen molar-refractivity contribution in [3.63, 3.8) is 0 Å². The summed E-state index contributed by atoms with van der Waals surface area (Å²) < 4.78 is 12.1. The highest BCUT2D eigenvalue weighted by atomic mass is 79.9. The maximum Gasteiger partial charge on any atom is 0.412 e. The number of aromatic nitrogens is 2. The maximum absolute atomic E-state index is 11.7. The zero-order chi connectivity index (χ0) is 28.9. The van der Waals surface area contributed by atoms with Gasteiger partial charge in [0.1, 0.15) is 18.9 Å². The lowest BCUT2D eigenvalue weighted by atomic mass is 10.2. The van der Waals surface area contributed by atoms with E-state index in [4.69, 9.17) is 14.6 Å². The third-order valence-electron chi connectivity index (χ3n) is 5.23. The van der Waals surface area contributed by atoms with Crippen molar-refractivity contribution in [1.29, 1.82) is 0 Å². The summed E-state index contributed by atoms with van der Waals surface area (Å²) >= 11 is 6.45. The van der Waals surface area contributed by atoms with Crippen LogP contribution in [-0.2, 0) is 29.3 Å². The average molecular weight is 674 g/mol. The van der Waals surface area contributed by atoms with Gasteiger partial charge in [-0.2, -0.15) is 4.73 Å². The van der Waals surface area contributed by atoms with Crippen LogP contribution in [0.2, 0.25) is 0 Å². The predicted octanol–water partition coefficient (Wildman–Crippen LogP) is 6.22. The summed E-state index contributed by atoms with van der Waals surface area (Å²) in [4.78, 5) is 27.4. The quantitative estimate of drug-likeness (QED) is 0.156. The summed E-state index contributed by atoms with van der Waals surface area (Å²) in [5, 5.41) is 25.8. The molecule has 2 heterocycles. The van der Waals surface area contributed by atoms with Crippen LogP contribution in [0.3, 0.4) is 0 Å². The molecule has 0 aliphatic carbocycles. The second-order valence-electron chi connectivity index (χ2n) is 8.16. The van der Waals surface area contributed by atoms with Crippen molar-refractivity contribution >= 4 is 55.4 Å². The molecule has 2 aromatic heterocycles. The van der Waals surface area contributed by atoms with Crippen LogP contribution in [0.25, 0.3) is 0 Å². The van der Waals surface area contributed by atoms with Crippen molar-refractivity contribution in [2.24, 2.45) is 0 Å². The number of nitrogens with one attached hydrogen (secondary N) is 2. The van der Waals surface area contributed by atoms with Crippen LogP contribution in [0.1, 0.15) is 22.5 Å². The fourth-order valence-corrected chi connectivity index (χ4v) is 3.92.